The summed E-state index contributed by atoms with van der Waals surface area (Å²) in [5, 5.41) is 0. The Morgan fingerprint density at radius 1 is 1.88 bits per heavy atom. The average Bonchev–Trinajstić information content (AvgIpc) is 2.17. The molecule has 0 radical (unpaired) electrons. The summed E-state index contributed by atoms with van der Waals surface area (Å²) in [6, 6.07) is 0. The van der Waals surface area contributed by atoms with Crippen LogP contribution in [0.25, 0.3) is 0 Å². The second-order valence-corrected chi connectivity index (χ2v) is 3.36. The van der Waals surface area contributed by atoms with Crippen LogP contribution < -0.4 is 5.73 Å². The standard InChI is InChI=1S/C5H8BrNO/c6-4-1-3(4)2-5(7)8/h3-4H,1-2H2,(H2,7,8). The summed E-state index contributed by atoms with van der Waals surface area (Å²) in [7, 11) is 0. The Hall–Kier alpha value is -0.0500. The third-order valence-electron chi connectivity index (χ3n) is 1.30. The second-order valence-electron chi connectivity index (χ2n) is 2.18. The van der Waals surface area contributed by atoms with Crippen LogP contribution in [0.3, 0.4) is 0 Å². The molecule has 0 saturated heterocycles. The molecular formula is C5H8BrNO. The molecule has 2 N–H and O–H groups in total. The van der Waals surface area contributed by atoms with Crippen LogP contribution in [0.1, 0.15) is 12.8 Å². The molecule has 0 spiro atoms. The van der Waals surface area contributed by atoms with E-state index in [9.17, 15) is 4.79 Å². The van der Waals surface area contributed by atoms with E-state index in [-0.39, 0.29) is 5.91 Å². The van der Waals surface area contributed by atoms with E-state index in [1.165, 1.54) is 0 Å². The average molecular weight is 178 g/mol. The molecule has 0 bridgehead atoms. The summed E-state index contributed by atoms with van der Waals surface area (Å²) in [5.41, 5.74) is 4.94. The summed E-state index contributed by atoms with van der Waals surface area (Å²) in [6.45, 7) is 0. The van der Waals surface area contributed by atoms with Crippen LogP contribution in [0.2, 0.25) is 0 Å². The summed E-state index contributed by atoms with van der Waals surface area (Å²) < 4.78 is 0. The minimum Gasteiger partial charge on any atom is -0.370 e. The van der Waals surface area contributed by atoms with Gasteiger partial charge in [-0.25, -0.2) is 0 Å². The molecule has 0 aromatic rings. The highest BCUT2D eigenvalue weighted by Crippen LogP contribution is 2.39. The molecule has 3 heteroatoms. The zero-order valence-corrected chi connectivity index (χ0v) is 6.02. The van der Waals surface area contributed by atoms with E-state index in [0.717, 1.165) is 6.42 Å². The molecule has 1 aliphatic carbocycles. The Bertz CT molecular complexity index is 115. The van der Waals surface area contributed by atoms with Crippen molar-refractivity contribution in [2.45, 2.75) is 17.7 Å². The minimum absolute atomic E-state index is 0.183. The molecule has 2 atom stereocenters. The molecule has 8 heavy (non-hydrogen) atoms. The fraction of sp³-hybridized carbons (Fsp3) is 0.800. The molecular weight excluding hydrogens is 170 g/mol. The van der Waals surface area contributed by atoms with Crippen LogP contribution in [-0.2, 0) is 4.79 Å². The first-order valence-corrected chi connectivity index (χ1v) is 3.54. The van der Waals surface area contributed by atoms with Crippen molar-refractivity contribution in [3.63, 3.8) is 0 Å². The maximum absolute atomic E-state index is 10.2. The molecule has 0 aliphatic heterocycles. The van der Waals surface area contributed by atoms with Crippen molar-refractivity contribution in [1.82, 2.24) is 0 Å². The Morgan fingerprint density at radius 3 is 2.50 bits per heavy atom. The van der Waals surface area contributed by atoms with Gasteiger partial charge >= 0.3 is 0 Å². The van der Waals surface area contributed by atoms with Gasteiger partial charge in [-0.3, -0.25) is 4.79 Å². The lowest BCUT2D eigenvalue weighted by Gasteiger charge is -1.86. The van der Waals surface area contributed by atoms with E-state index in [1.54, 1.807) is 0 Å². The van der Waals surface area contributed by atoms with Crippen LogP contribution >= 0.6 is 15.9 Å². The molecule has 1 rings (SSSR count). The number of amides is 1. The topological polar surface area (TPSA) is 43.1 Å². The lowest BCUT2D eigenvalue weighted by molar-refractivity contribution is -0.118. The van der Waals surface area contributed by atoms with Crippen LogP contribution in [0.15, 0.2) is 0 Å². The predicted octanol–water partition coefficient (Wildman–Crippen LogP) is 0.645. The van der Waals surface area contributed by atoms with Gasteiger partial charge in [-0.15, -0.1) is 0 Å². The van der Waals surface area contributed by atoms with Gasteiger partial charge in [0.1, 0.15) is 0 Å². The zero-order chi connectivity index (χ0) is 6.15. The quantitative estimate of drug-likeness (QED) is 0.619. The monoisotopic (exact) mass is 177 g/mol. The second kappa shape index (κ2) is 2.05. The van der Waals surface area contributed by atoms with Crippen molar-refractivity contribution < 1.29 is 4.79 Å². The van der Waals surface area contributed by atoms with Gasteiger partial charge in [-0.1, -0.05) is 15.9 Å². The van der Waals surface area contributed by atoms with Crippen molar-refractivity contribution in [3.8, 4) is 0 Å². The smallest absolute Gasteiger partial charge is 0.217 e. The van der Waals surface area contributed by atoms with Crippen molar-refractivity contribution in [1.29, 1.82) is 0 Å². The number of carbonyl (C=O) groups is 1. The van der Waals surface area contributed by atoms with Gasteiger partial charge in [-0.2, -0.15) is 0 Å². The third-order valence-corrected chi connectivity index (χ3v) is 2.42. The van der Waals surface area contributed by atoms with Gasteiger partial charge in [0.15, 0.2) is 0 Å². The zero-order valence-electron chi connectivity index (χ0n) is 4.43. The number of hydrogen-bond donors (Lipinski definition) is 1. The maximum atomic E-state index is 10.2. The number of halogens is 1. The number of primary amides is 1. The highest BCUT2D eigenvalue weighted by molar-refractivity contribution is 9.09. The fourth-order valence-electron chi connectivity index (χ4n) is 0.680. The lowest BCUT2D eigenvalue weighted by Crippen LogP contribution is -2.11. The molecule has 1 amide bonds. The Morgan fingerprint density at radius 2 is 2.38 bits per heavy atom. The van der Waals surface area contributed by atoms with E-state index in [2.05, 4.69) is 15.9 Å². The first-order valence-electron chi connectivity index (χ1n) is 2.62. The van der Waals surface area contributed by atoms with Crippen molar-refractivity contribution >= 4 is 21.8 Å². The van der Waals surface area contributed by atoms with Crippen LogP contribution in [0.4, 0.5) is 0 Å². The first kappa shape index (κ1) is 6.08. The Labute approximate surface area is 56.6 Å². The predicted molar refractivity (Wildman–Crippen MR) is 34.6 cm³/mol. The SMILES string of the molecule is NC(=O)CC1CC1Br. The third kappa shape index (κ3) is 1.47. The molecule has 0 aromatic heterocycles. The molecule has 2 nitrogen and oxygen atoms in total. The summed E-state index contributed by atoms with van der Waals surface area (Å²) >= 11 is 3.37. The van der Waals surface area contributed by atoms with Crippen LogP contribution in [-0.4, -0.2) is 10.7 Å². The highest BCUT2D eigenvalue weighted by Gasteiger charge is 2.35. The number of nitrogens with two attached hydrogens (primary N) is 1. The van der Waals surface area contributed by atoms with Gasteiger partial charge in [0, 0.05) is 11.2 Å². The van der Waals surface area contributed by atoms with Crippen molar-refractivity contribution in [2.75, 3.05) is 0 Å². The minimum atomic E-state index is -0.183. The Balaban J connectivity index is 2.14. The molecule has 0 heterocycles. The van der Waals surface area contributed by atoms with Gasteiger partial charge in [0.2, 0.25) is 5.91 Å². The van der Waals surface area contributed by atoms with E-state index in [1.807, 2.05) is 0 Å². The summed E-state index contributed by atoms with van der Waals surface area (Å²) in [6.07, 6.45) is 1.67. The number of hydrogen-bond acceptors (Lipinski definition) is 1. The van der Waals surface area contributed by atoms with Gasteiger partial charge in [-0.05, 0) is 12.3 Å². The Kier molecular flexibility index (Phi) is 1.56. The fourth-order valence-corrected chi connectivity index (χ4v) is 1.35. The van der Waals surface area contributed by atoms with E-state index in [0.29, 0.717) is 17.2 Å². The summed E-state index contributed by atoms with van der Waals surface area (Å²) in [5.74, 6) is 0.351. The van der Waals surface area contributed by atoms with E-state index in [4.69, 9.17) is 5.73 Å². The van der Waals surface area contributed by atoms with Crippen molar-refractivity contribution in [2.24, 2.45) is 11.7 Å². The normalized spacial score (nSPS) is 34.6. The van der Waals surface area contributed by atoms with E-state index >= 15 is 0 Å². The van der Waals surface area contributed by atoms with Gasteiger partial charge in [0.05, 0.1) is 0 Å². The lowest BCUT2D eigenvalue weighted by atomic mass is 10.3. The summed E-state index contributed by atoms with van der Waals surface area (Å²) in [4.78, 5) is 10.8. The molecule has 1 aliphatic rings. The highest BCUT2D eigenvalue weighted by atomic mass is 79.9. The molecule has 46 valence electrons. The van der Waals surface area contributed by atoms with Gasteiger partial charge in [0.25, 0.3) is 0 Å². The molecule has 1 fully saturated rings. The molecule has 2 unspecified atom stereocenters. The van der Waals surface area contributed by atoms with Crippen LogP contribution in [0, 0.1) is 5.92 Å². The number of rotatable bonds is 2. The van der Waals surface area contributed by atoms with Crippen LogP contribution in [0.5, 0.6) is 0 Å². The largest absolute Gasteiger partial charge is 0.370 e. The van der Waals surface area contributed by atoms with Gasteiger partial charge < -0.3 is 5.73 Å². The number of carbonyl (C=O) groups excluding carboxylic acids is 1. The van der Waals surface area contributed by atoms with E-state index < -0.39 is 0 Å². The molecule has 0 aromatic carbocycles. The number of alkyl halides is 1. The molecule has 1 saturated carbocycles. The van der Waals surface area contributed by atoms with Crippen molar-refractivity contribution in [3.05, 3.63) is 0 Å². The maximum Gasteiger partial charge on any atom is 0.217 e. The first-order chi connectivity index (χ1) is 3.70.